The third-order valence-electron chi connectivity index (χ3n) is 1.92. The largest absolute Gasteiger partial charge is 0.380 e. The van der Waals surface area contributed by atoms with E-state index in [1.807, 2.05) is 0 Å². The van der Waals surface area contributed by atoms with E-state index in [4.69, 9.17) is 0 Å². The van der Waals surface area contributed by atoms with Gasteiger partial charge in [0.05, 0.1) is 0 Å². The quantitative estimate of drug-likeness (QED) is 0.496. The standard InChI is InChI=1S/C5F8O/c6-1(14)2(7)3(8,9)5(12,13)4(2,10)11. The Labute approximate surface area is 70.7 Å². The van der Waals surface area contributed by atoms with Gasteiger partial charge in [-0.05, 0) is 0 Å². The highest BCUT2D eigenvalue weighted by Crippen LogP contribution is 2.68. The first-order valence-corrected chi connectivity index (χ1v) is 2.97. The Balaban J connectivity index is 3.32. The topological polar surface area (TPSA) is 17.1 Å². The summed E-state index contributed by atoms with van der Waals surface area (Å²) in [7, 11) is 0. The molecular weight excluding hydrogens is 228 g/mol. The third-order valence-corrected chi connectivity index (χ3v) is 1.92. The van der Waals surface area contributed by atoms with Gasteiger partial charge in [-0.2, -0.15) is 30.7 Å². The molecule has 82 valence electrons. The van der Waals surface area contributed by atoms with Gasteiger partial charge in [0.25, 0.3) is 0 Å². The summed E-state index contributed by atoms with van der Waals surface area (Å²) < 4.78 is 95.9. The van der Waals surface area contributed by atoms with Crippen molar-refractivity contribution in [2.45, 2.75) is 23.4 Å². The van der Waals surface area contributed by atoms with Crippen LogP contribution in [0.15, 0.2) is 0 Å². The fourth-order valence-electron chi connectivity index (χ4n) is 1.01. The van der Waals surface area contributed by atoms with Gasteiger partial charge in [-0.25, -0.2) is 4.39 Å². The van der Waals surface area contributed by atoms with Crippen LogP contribution in [0.3, 0.4) is 0 Å². The average Bonchev–Trinajstić information content (AvgIpc) is 2.00. The first kappa shape index (κ1) is 11.2. The Morgan fingerprint density at radius 2 is 1.00 bits per heavy atom. The highest BCUT2D eigenvalue weighted by Gasteiger charge is 3.03. The van der Waals surface area contributed by atoms with Gasteiger partial charge in [0, 0.05) is 0 Å². The smallest absolute Gasteiger partial charge is 0.257 e. The van der Waals surface area contributed by atoms with Gasteiger partial charge >= 0.3 is 29.5 Å². The van der Waals surface area contributed by atoms with Crippen LogP contribution in [-0.4, -0.2) is 29.5 Å². The van der Waals surface area contributed by atoms with Gasteiger partial charge in [0.2, 0.25) is 0 Å². The maximum absolute atomic E-state index is 12.4. The van der Waals surface area contributed by atoms with Crippen molar-refractivity contribution in [1.82, 2.24) is 0 Å². The molecule has 0 bridgehead atoms. The van der Waals surface area contributed by atoms with Gasteiger partial charge in [-0.15, -0.1) is 0 Å². The predicted molar refractivity (Wildman–Crippen MR) is 24.8 cm³/mol. The van der Waals surface area contributed by atoms with Crippen LogP contribution in [0.25, 0.3) is 0 Å². The Hall–Kier alpha value is -0.890. The maximum Gasteiger partial charge on any atom is 0.380 e. The Kier molecular flexibility index (Phi) is 1.75. The summed E-state index contributed by atoms with van der Waals surface area (Å²) in [5.41, 5.74) is -5.77. The van der Waals surface area contributed by atoms with Crippen molar-refractivity contribution >= 4 is 6.04 Å². The van der Waals surface area contributed by atoms with Gasteiger partial charge in [-0.3, -0.25) is 4.79 Å². The lowest BCUT2D eigenvalue weighted by Crippen LogP contribution is -2.86. The normalized spacial score (nSPS) is 30.6. The summed E-state index contributed by atoms with van der Waals surface area (Å²) >= 11 is 0. The zero-order valence-electron chi connectivity index (χ0n) is 5.93. The van der Waals surface area contributed by atoms with Crippen LogP contribution in [0.2, 0.25) is 0 Å². The molecule has 1 aliphatic rings. The minimum absolute atomic E-state index is 3.82. The van der Waals surface area contributed by atoms with Crippen LogP contribution in [0.4, 0.5) is 35.1 Å². The van der Waals surface area contributed by atoms with Gasteiger partial charge in [-0.1, -0.05) is 0 Å². The molecule has 1 rings (SSSR count). The minimum atomic E-state index is -6.07. The molecule has 1 fully saturated rings. The van der Waals surface area contributed by atoms with E-state index in [0.29, 0.717) is 0 Å². The van der Waals surface area contributed by atoms with Crippen molar-refractivity contribution in [3.63, 3.8) is 0 Å². The van der Waals surface area contributed by atoms with Crippen molar-refractivity contribution in [3.8, 4) is 0 Å². The van der Waals surface area contributed by atoms with Crippen LogP contribution < -0.4 is 0 Å². The Bertz CT molecular complexity index is 276. The van der Waals surface area contributed by atoms with Crippen LogP contribution in [0.5, 0.6) is 0 Å². The molecule has 0 amide bonds. The highest BCUT2D eigenvalue weighted by molar-refractivity contribution is 5.84. The van der Waals surface area contributed by atoms with Crippen LogP contribution >= 0.6 is 0 Å². The summed E-state index contributed by atoms with van der Waals surface area (Å²) in [6, 6.07) is -3.82. The molecule has 0 aromatic carbocycles. The average molecular weight is 228 g/mol. The van der Waals surface area contributed by atoms with E-state index in [2.05, 4.69) is 0 Å². The van der Waals surface area contributed by atoms with E-state index < -0.39 is 29.5 Å². The van der Waals surface area contributed by atoms with Gasteiger partial charge in [0.15, 0.2) is 0 Å². The molecule has 1 aliphatic carbocycles. The van der Waals surface area contributed by atoms with E-state index >= 15 is 0 Å². The summed E-state index contributed by atoms with van der Waals surface area (Å²) in [6.07, 6.45) is 0. The number of halogens is 8. The summed E-state index contributed by atoms with van der Waals surface area (Å²) in [5, 5.41) is 0. The van der Waals surface area contributed by atoms with E-state index in [0.717, 1.165) is 0 Å². The number of alkyl halides is 7. The SMILES string of the molecule is O=C(F)C1(F)C(F)(F)C(F)(F)C1(F)F. The molecule has 0 atom stereocenters. The molecule has 0 saturated heterocycles. The monoisotopic (exact) mass is 228 g/mol. The van der Waals surface area contributed by atoms with Crippen molar-refractivity contribution in [3.05, 3.63) is 0 Å². The Morgan fingerprint density at radius 3 is 1.14 bits per heavy atom. The van der Waals surface area contributed by atoms with E-state index in [1.165, 1.54) is 0 Å². The molecule has 0 radical (unpaired) electrons. The molecular formula is C5F8O. The molecule has 0 heterocycles. The molecule has 0 unspecified atom stereocenters. The second-order valence-corrected chi connectivity index (χ2v) is 2.66. The predicted octanol–water partition coefficient (Wildman–Crippen LogP) is 2.11. The zero-order chi connectivity index (χ0) is 11.6. The fourth-order valence-corrected chi connectivity index (χ4v) is 1.01. The van der Waals surface area contributed by atoms with Crippen LogP contribution in [0, 0.1) is 0 Å². The molecule has 0 aromatic heterocycles. The molecule has 1 saturated carbocycles. The van der Waals surface area contributed by atoms with Crippen LogP contribution in [0.1, 0.15) is 0 Å². The van der Waals surface area contributed by atoms with Crippen LogP contribution in [-0.2, 0) is 4.79 Å². The second-order valence-electron chi connectivity index (χ2n) is 2.66. The number of rotatable bonds is 1. The lowest BCUT2D eigenvalue weighted by molar-refractivity contribution is -0.459. The number of carbonyl (C=O) groups excluding carboxylic acids is 1. The van der Waals surface area contributed by atoms with E-state index in [1.54, 1.807) is 0 Å². The molecule has 0 N–H and O–H groups in total. The van der Waals surface area contributed by atoms with E-state index in [9.17, 15) is 39.9 Å². The third kappa shape index (κ3) is 0.672. The second kappa shape index (κ2) is 2.19. The number of hydrogen-bond donors (Lipinski definition) is 0. The lowest BCUT2D eigenvalue weighted by atomic mass is 9.70. The molecule has 1 nitrogen and oxygen atoms in total. The number of carbonyl (C=O) groups is 1. The van der Waals surface area contributed by atoms with Crippen molar-refractivity contribution < 1.29 is 39.9 Å². The first-order valence-electron chi connectivity index (χ1n) is 2.97. The maximum atomic E-state index is 12.4. The van der Waals surface area contributed by atoms with Crippen molar-refractivity contribution in [1.29, 1.82) is 0 Å². The molecule has 0 spiro atoms. The highest BCUT2D eigenvalue weighted by atomic mass is 19.4. The van der Waals surface area contributed by atoms with Gasteiger partial charge < -0.3 is 0 Å². The summed E-state index contributed by atoms with van der Waals surface area (Å²) in [5.74, 6) is -18.2. The van der Waals surface area contributed by atoms with Gasteiger partial charge in [0.1, 0.15) is 0 Å². The minimum Gasteiger partial charge on any atom is -0.257 e. The Morgan fingerprint density at radius 1 is 0.714 bits per heavy atom. The molecule has 9 heteroatoms. The molecule has 14 heavy (non-hydrogen) atoms. The molecule has 0 aliphatic heterocycles. The van der Waals surface area contributed by atoms with E-state index in [-0.39, 0.29) is 0 Å². The van der Waals surface area contributed by atoms with Crippen molar-refractivity contribution in [2.24, 2.45) is 0 Å². The lowest BCUT2D eigenvalue weighted by Gasteiger charge is -2.51. The zero-order valence-corrected chi connectivity index (χ0v) is 5.93. The molecule has 0 aromatic rings. The summed E-state index contributed by atoms with van der Waals surface area (Å²) in [4.78, 5) is 9.53. The number of hydrogen-bond acceptors (Lipinski definition) is 1. The first-order chi connectivity index (χ1) is 5.94. The summed E-state index contributed by atoms with van der Waals surface area (Å²) in [6.45, 7) is 0. The van der Waals surface area contributed by atoms with Crippen molar-refractivity contribution in [2.75, 3.05) is 0 Å². The fraction of sp³-hybridized carbons (Fsp3) is 0.800.